The van der Waals surface area contributed by atoms with Crippen molar-refractivity contribution >= 4 is 22.6 Å². The van der Waals surface area contributed by atoms with Gasteiger partial charge in [-0.15, -0.1) is 11.6 Å². The van der Waals surface area contributed by atoms with Crippen LogP contribution in [0.4, 0.5) is 4.39 Å². The molecule has 0 spiro atoms. The number of hydrogen-bond acceptors (Lipinski definition) is 2. The molecule has 0 saturated heterocycles. The number of para-hydroxylation sites is 1. The van der Waals surface area contributed by atoms with Crippen LogP contribution < -0.4 is 0 Å². The number of halogens is 2. The van der Waals surface area contributed by atoms with Gasteiger partial charge < -0.3 is 8.98 Å². The van der Waals surface area contributed by atoms with Gasteiger partial charge in [0.25, 0.3) is 0 Å². The monoisotopic (exact) mass is 278 g/mol. The molecule has 0 aliphatic heterocycles. The van der Waals surface area contributed by atoms with E-state index in [4.69, 9.17) is 16.0 Å². The molecule has 0 fully saturated rings. The molecule has 0 aliphatic rings. The minimum absolute atomic E-state index is 0.0875. The Kier molecular flexibility index (Phi) is 3.03. The molecule has 5 heteroatoms. The molecule has 19 heavy (non-hydrogen) atoms. The molecule has 0 amide bonds. The van der Waals surface area contributed by atoms with Crippen LogP contribution in [0.3, 0.4) is 0 Å². The Bertz CT molecular complexity index is 706. The van der Waals surface area contributed by atoms with Crippen molar-refractivity contribution in [3.8, 4) is 0 Å². The molecule has 3 aromatic rings. The second-order valence-electron chi connectivity index (χ2n) is 4.33. The Morgan fingerprint density at radius 2 is 2.21 bits per heavy atom. The SMILES string of the molecule is CC(c1ccco1)n1c(CCl)nc2c(F)cccc21. The highest BCUT2D eigenvalue weighted by atomic mass is 35.5. The summed E-state index contributed by atoms with van der Waals surface area (Å²) in [5.74, 6) is 1.30. The van der Waals surface area contributed by atoms with Gasteiger partial charge in [-0.05, 0) is 31.2 Å². The number of nitrogens with zero attached hydrogens (tertiary/aromatic N) is 2. The van der Waals surface area contributed by atoms with E-state index in [0.29, 0.717) is 11.3 Å². The zero-order valence-electron chi connectivity index (χ0n) is 10.3. The maximum absolute atomic E-state index is 13.8. The summed E-state index contributed by atoms with van der Waals surface area (Å²) in [6.07, 6.45) is 1.62. The van der Waals surface area contributed by atoms with Gasteiger partial charge in [0.15, 0.2) is 5.82 Å². The molecule has 2 aromatic heterocycles. The molecule has 3 rings (SSSR count). The summed E-state index contributed by atoms with van der Waals surface area (Å²) >= 11 is 5.92. The van der Waals surface area contributed by atoms with Crippen molar-refractivity contribution in [3.05, 3.63) is 54.0 Å². The van der Waals surface area contributed by atoms with E-state index in [0.717, 1.165) is 11.3 Å². The van der Waals surface area contributed by atoms with Gasteiger partial charge in [-0.25, -0.2) is 9.37 Å². The molecule has 0 saturated carbocycles. The Hall–Kier alpha value is -1.81. The number of furan rings is 1. The smallest absolute Gasteiger partial charge is 0.151 e. The van der Waals surface area contributed by atoms with Crippen molar-refractivity contribution < 1.29 is 8.81 Å². The van der Waals surface area contributed by atoms with Crippen molar-refractivity contribution in [1.29, 1.82) is 0 Å². The Labute approximate surface area is 114 Å². The molecule has 1 aromatic carbocycles. The van der Waals surface area contributed by atoms with Gasteiger partial charge in [0.1, 0.15) is 17.1 Å². The number of alkyl halides is 1. The lowest BCUT2D eigenvalue weighted by Crippen LogP contribution is -2.09. The lowest BCUT2D eigenvalue weighted by Gasteiger charge is -2.14. The van der Waals surface area contributed by atoms with Crippen LogP contribution in [0.2, 0.25) is 0 Å². The first-order chi connectivity index (χ1) is 9.22. The van der Waals surface area contributed by atoms with Crippen molar-refractivity contribution in [3.63, 3.8) is 0 Å². The molecule has 2 heterocycles. The number of rotatable bonds is 3. The summed E-state index contributed by atoms with van der Waals surface area (Å²) in [7, 11) is 0. The molecular formula is C14H12ClFN2O. The van der Waals surface area contributed by atoms with E-state index in [-0.39, 0.29) is 17.7 Å². The standard InChI is InChI=1S/C14H12ClFN2O/c1-9(12-6-3-7-19-12)18-11-5-2-4-10(16)14(11)17-13(18)8-15/h2-7,9H,8H2,1H3. The van der Waals surface area contributed by atoms with E-state index in [2.05, 4.69) is 4.98 Å². The molecule has 0 N–H and O–H groups in total. The van der Waals surface area contributed by atoms with Crippen LogP contribution in [0, 0.1) is 5.82 Å². The largest absolute Gasteiger partial charge is 0.467 e. The number of fused-ring (bicyclic) bond motifs is 1. The Morgan fingerprint density at radius 1 is 1.37 bits per heavy atom. The molecule has 3 nitrogen and oxygen atoms in total. The Balaban J connectivity index is 2.24. The normalized spacial score (nSPS) is 13.0. The highest BCUT2D eigenvalue weighted by Gasteiger charge is 2.19. The summed E-state index contributed by atoms with van der Waals surface area (Å²) in [6, 6.07) is 8.52. The second kappa shape index (κ2) is 4.70. The average Bonchev–Trinajstić information content (AvgIpc) is 3.05. The van der Waals surface area contributed by atoms with Crippen molar-refractivity contribution in [2.24, 2.45) is 0 Å². The lowest BCUT2D eigenvalue weighted by molar-refractivity contribution is 0.446. The highest BCUT2D eigenvalue weighted by molar-refractivity contribution is 6.16. The zero-order valence-corrected chi connectivity index (χ0v) is 11.1. The molecule has 0 bridgehead atoms. The van der Waals surface area contributed by atoms with Gasteiger partial charge in [0.05, 0.1) is 23.7 Å². The minimum atomic E-state index is -0.339. The molecule has 0 aliphatic carbocycles. The highest BCUT2D eigenvalue weighted by Crippen LogP contribution is 2.28. The summed E-state index contributed by atoms with van der Waals surface area (Å²) < 4.78 is 21.1. The Morgan fingerprint density at radius 3 is 2.89 bits per heavy atom. The van der Waals surface area contributed by atoms with Gasteiger partial charge in [0, 0.05) is 0 Å². The summed E-state index contributed by atoms with van der Waals surface area (Å²) in [4.78, 5) is 4.28. The zero-order chi connectivity index (χ0) is 13.4. The molecular weight excluding hydrogens is 267 g/mol. The quantitative estimate of drug-likeness (QED) is 0.675. The fourth-order valence-corrected chi connectivity index (χ4v) is 2.50. The van der Waals surface area contributed by atoms with Crippen LogP contribution in [-0.4, -0.2) is 9.55 Å². The van der Waals surface area contributed by atoms with E-state index >= 15 is 0 Å². The fraction of sp³-hybridized carbons (Fsp3) is 0.214. The number of imidazole rings is 1. The van der Waals surface area contributed by atoms with Gasteiger partial charge >= 0.3 is 0 Å². The van der Waals surface area contributed by atoms with Gasteiger partial charge in [-0.1, -0.05) is 6.07 Å². The van der Waals surface area contributed by atoms with E-state index in [1.54, 1.807) is 12.3 Å². The van der Waals surface area contributed by atoms with Crippen LogP contribution in [-0.2, 0) is 5.88 Å². The predicted molar refractivity (Wildman–Crippen MR) is 71.8 cm³/mol. The van der Waals surface area contributed by atoms with E-state index in [1.165, 1.54) is 6.07 Å². The second-order valence-corrected chi connectivity index (χ2v) is 4.60. The molecule has 1 unspecified atom stereocenters. The first-order valence-electron chi connectivity index (χ1n) is 5.97. The molecule has 1 atom stereocenters. The van der Waals surface area contributed by atoms with Crippen molar-refractivity contribution in [2.45, 2.75) is 18.8 Å². The number of hydrogen-bond donors (Lipinski definition) is 0. The van der Waals surface area contributed by atoms with Crippen LogP contribution in [0.1, 0.15) is 24.6 Å². The van der Waals surface area contributed by atoms with E-state index in [9.17, 15) is 4.39 Å². The third-order valence-corrected chi connectivity index (χ3v) is 3.44. The first kappa shape index (κ1) is 12.2. The van der Waals surface area contributed by atoms with Gasteiger partial charge in [0.2, 0.25) is 0 Å². The molecule has 98 valence electrons. The summed E-state index contributed by atoms with van der Waals surface area (Å²) in [5.41, 5.74) is 1.07. The topological polar surface area (TPSA) is 31.0 Å². The molecule has 0 radical (unpaired) electrons. The first-order valence-corrected chi connectivity index (χ1v) is 6.50. The maximum atomic E-state index is 13.8. The van der Waals surface area contributed by atoms with Crippen LogP contribution >= 0.6 is 11.6 Å². The fourth-order valence-electron chi connectivity index (χ4n) is 2.31. The average molecular weight is 279 g/mol. The van der Waals surface area contributed by atoms with Crippen LogP contribution in [0.25, 0.3) is 11.0 Å². The lowest BCUT2D eigenvalue weighted by atomic mass is 10.2. The third kappa shape index (κ3) is 1.92. The van der Waals surface area contributed by atoms with Crippen LogP contribution in [0.15, 0.2) is 41.0 Å². The predicted octanol–water partition coefficient (Wildman–Crippen LogP) is 4.12. The van der Waals surface area contributed by atoms with Gasteiger partial charge in [-0.2, -0.15) is 0 Å². The van der Waals surface area contributed by atoms with Gasteiger partial charge in [-0.3, -0.25) is 0 Å². The van der Waals surface area contributed by atoms with Crippen molar-refractivity contribution in [2.75, 3.05) is 0 Å². The number of aromatic nitrogens is 2. The third-order valence-electron chi connectivity index (χ3n) is 3.21. The van der Waals surface area contributed by atoms with E-state index in [1.807, 2.05) is 29.7 Å². The van der Waals surface area contributed by atoms with Crippen molar-refractivity contribution in [1.82, 2.24) is 9.55 Å². The van der Waals surface area contributed by atoms with E-state index < -0.39 is 0 Å². The summed E-state index contributed by atoms with van der Waals surface area (Å²) in [6.45, 7) is 1.97. The van der Waals surface area contributed by atoms with Crippen LogP contribution in [0.5, 0.6) is 0 Å². The maximum Gasteiger partial charge on any atom is 0.151 e. The number of benzene rings is 1. The summed E-state index contributed by atoms with van der Waals surface area (Å²) in [5, 5.41) is 0. The minimum Gasteiger partial charge on any atom is -0.467 e.